The highest BCUT2D eigenvalue weighted by Crippen LogP contribution is 2.52. The molecule has 34 heavy (non-hydrogen) atoms. The zero-order valence-electron chi connectivity index (χ0n) is 18.9. The van der Waals surface area contributed by atoms with E-state index in [0.717, 1.165) is 55.6 Å². The van der Waals surface area contributed by atoms with Gasteiger partial charge in [-0.3, -0.25) is 0 Å². The van der Waals surface area contributed by atoms with E-state index in [1.807, 2.05) is 13.1 Å². The van der Waals surface area contributed by atoms with Crippen molar-refractivity contribution in [1.82, 2.24) is 14.5 Å². The summed E-state index contributed by atoms with van der Waals surface area (Å²) in [5, 5.41) is 7.70. The molecule has 0 amide bonds. The molecule has 3 aromatic carbocycles. The third-order valence-electron chi connectivity index (χ3n) is 8.07. The molecule has 2 aromatic heterocycles. The first-order chi connectivity index (χ1) is 16.7. The van der Waals surface area contributed by atoms with Gasteiger partial charge in [-0.2, -0.15) is 0 Å². The largest absolute Gasteiger partial charge is 0.457 e. The van der Waals surface area contributed by atoms with E-state index in [1.54, 1.807) is 7.11 Å². The number of aromatic nitrogens is 2. The van der Waals surface area contributed by atoms with Gasteiger partial charge in [0.1, 0.15) is 18.9 Å². The van der Waals surface area contributed by atoms with Crippen LogP contribution in [-0.2, 0) is 20.8 Å². The molecule has 5 heterocycles. The number of benzene rings is 3. The van der Waals surface area contributed by atoms with Gasteiger partial charge in [-0.1, -0.05) is 36.4 Å². The molecule has 0 spiro atoms. The molecule has 1 N–H and O–H groups in total. The number of cyclic esters (lactones) is 1. The normalized spacial score (nSPS) is 25.5. The molecule has 7 heteroatoms. The molecular formula is C27H23N3O4. The van der Waals surface area contributed by atoms with Crippen LogP contribution in [0.25, 0.3) is 43.6 Å². The third kappa shape index (κ3) is 2.03. The molecule has 0 aliphatic carbocycles. The summed E-state index contributed by atoms with van der Waals surface area (Å²) in [4.78, 5) is 13.1. The van der Waals surface area contributed by atoms with Crippen LogP contribution in [0.15, 0.2) is 48.5 Å². The number of hydrogen-bond acceptors (Lipinski definition) is 5. The van der Waals surface area contributed by atoms with Gasteiger partial charge in [0.25, 0.3) is 0 Å². The Morgan fingerprint density at radius 1 is 0.971 bits per heavy atom. The van der Waals surface area contributed by atoms with Gasteiger partial charge in [0.2, 0.25) is 0 Å². The number of nitrogens with one attached hydrogen (secondary N) is 1. The Labute approximate surface area is 194 Å². The molecule has 7 nitrogen and oxygen atoms in total. The number of hydrogen-bond donors (Lipinski definition) is 1. The summed E-state index contributed by atoms with van der Waals surface area (Å²) < 4.78 is 23.2. The van der Waals surface area contributed by atoms with E-state index >= 15 is 0 Å². The van der Waals surface area contributed by atoms with Crippen molar-refractivity contribution in [2.75, 3.05) is 14.2 Å². The number of rotatable bonds is 2. The van der Waals surface area contributed by atoms with Gasteiger partial charge in [0, 0.05) is 46.7 Å². The number of likely N-dealkylation sites (N-methyl/N-ethyl adjacent to an activating group) is 1. The second kappa shape index (κ2) is 6.39. The predicted octanol–water partition coefficient (Wildman–Crippen LogP) is 4.61. The average Bonchev–Trinajstić information content (AvgIpc) is 3.50. The Kier molecular flexibility index (Phi) is 3.56. The van der Waals surface area contributed by atoms with Crippen molar-refractivity contribution in [1.29, 1.82) is 0 Å². The van der Waals surface area contributed by atoms with Crippen LogP contribution in [0.1, 0.15) is 34.8 Å². The second-order valence-corrected chi connectivity index (χ2v) is 9.46. The highest BCUT2D eigenvalue weighted by Gasteiger charge is 2.46. The molecule has 170 valence electrons. The number of para-hydroxylation sites is 2. The molecule has 4 atom stereocenters. The van der Waals surface area contributed by atoms with E-state index in [1.165, 1.54) is 0 Å². The van der Waals surface area contributed by atoms with Crippen molar-refractivity contribution in [2.24, 2.45) is 0 Å². The third-order valence-corrected chi connectivity index (χ3v) is 8.07. The molecule has 8 rings (SSSR count). The van der Waals surface area contributed by atoms with Crippen LogP contribution < -0.4 is 5.32 Å². The van der Waals surface area contributed by atoms with Gasteiger partial charge in [0.15, 0.2) is 6.23 Å². The maximum absolute atomic E-state index is 13.1. The molecule has 2 unspecified atom stereocenters. The Morgan fingerprint density at radius 3 is 2.38 bits per heavy atom. The van der Waals surface area contributed by atoms with Crippen LogP contribution in [0.2, 0.25) is 0 Å². The Balaban J connectivity index is 1.70. The lowest BCUT2D eigenvalue weighted by Crippen LogP contribution is -2.50. The first-order valence-electron chi connectivity index (χ1n) is 11.8. The SMILES string of the molecule is CN[C@H]1CC2OC([C@H]1OC)n1c3ccccc3c3c4c(c5c6ccccc6n2c5c31)C(=O)OC4. The van der Waals surface area contributed by atoms with Gasteiger partial charge in [-0.15, -0.1) is 0 Å². The number of carbonyl (C=O) groups is 1. The van der Waals surface area contributed by atoms with Gasteiger partial charge in [-0.05, 0) is 19.2 Å². The molecule has 2 bridgehead atoms. The first kappa shape index (κ1) is 19.0. The lowest BCUT2D eigenvalue weighted by Gasteiger charge is -2.41. The van der Waals surface area contributed by atoms with Crippen LogP contribution in [-0.4, -0.2) is 41.4 Å². The molecule has 0 radical (unpaired) electrons. The monoisotopic (exact) mass is 453 g/mol. The quantitative estimate of drug-likeness (QED) is 0.396. The van der Waals surface area contributed by atoms with E-state index in [2.05, 4.69) is 56.9 Å². The number of fused-ring (bicyclic) bond motifs is 13. The fourth-order valence-corrected chi connectivity index (χ4v) is 6.75. The fraction of sp³-hybridized carbons (Fsp3) is 0.296. The minimum absolute atomic E-state index is 0.104. The van der Waals surface area contributed by atoms with Gasteiger partial charge >= 0.3 is 5.97 Å². The van der Waals surface area contributed by atoms with E-state index in [-0.39, 0.29) is 37.2 Å². The smallest absolute Gasteiger partial charge is 0.339 e. The maximum atomic E-state index is 13.1. The molecule has 3 aliphatic heterocycles. The standard InChI is InChI=1S/C27H23N3O4/c1-28-16-11-19-29-17-9-5-4-8-14(17)21-22-15(12-33-27(22)31)20-13-7-3-6-10-18(13)30(23(20)24(21)29)26(34-19)25(16)32-2/h3-10,16,19,25-26,28H,11-12H2,1-2H3/t16-,19?,25-,26?/m0/s1. The van der Waals surface area contributed by atoms with Crippen molar-refractivity contribution >= 4 is 49.6 Å². The highest BCUT2D eigenvalue weighted by molar-refractivity contribution is 6.30. The number of ether oxygens (including phenoxy) is 3. The summed E-state index contributed by atoms with van der Waals surface area (Å²) in [6.45, 7) is 0.288. The van der Waals surface area contributed by atoms with Crippen molar-refractivity contribution in [3.63, 3.8) is 0 Å². The molecule has 1 saturated heterocycles. The van der Waals surface area contributed by atoms with Crippen molar-refractivity contribution in [3.05, 3.63) is 59.7 Å². The Bertz CT molecular complexity index is 1700. The number of carbonyl (C=O) groups excluding carboxylic acids is 1. The van der Waals surface area contributed by atoms with E-state index in [4.69, 9.17) is 14.2 Å². The van der Waals surface area contributed by atoms with Crippen molar-refractivity contribution in [3.8, 4) is 0 Å². The summed E-state index contributed by atoms with van der Waals surface area (Å²) >= 11 is 0. The van der Waals surface area contributed by atoms with Crippen molar-refractivity contribution < 1.29 is 19.0 Å². The van der Waals surface area contributed by atoms with Crippen LogP contribution >= 0.6 is 0 Å². The highest BCUT2D eigenvalue weighted by atomic mass is 16.6. The maximum Gasteiger partial charge on any atom is 0.339 e. The van der Waals surface area contributed by atoms with Crippen molar-refractivity contribution in [2.45, 2.75) is 37.6 Å². The van der Waals surface area contributed by atoms with E-state index in [9.17, 15) is 4.79 Å². The van der Waals surface area contributed by atoms with Gasteiger partial charge in [0.05, 0.1) is 27.6 Å². The Morgan fingerprint density at radius 2 is 1.65 bits per heavy atom. The summed E-state index contributed by atoms with van der Waals surface area (Å²) in [6.07, 6.45) is 0.0675. The summed E-state index contributed by atoms with van der Waals surface area (Å²) in [6, 6.07) is 16.8. The molecule has 5 aromatic rings. The minimum atomic E-state index is -0.318. The molecular weight excluding hydrogens is 430 g/mol. The average molecular weight is 453 g/mol. The fourth-order valence-electron chi connectivity index (χ4n) is 6.75. The van der Waals surface area contributed by atoms with E-state index in [0.29, 0.717) is 5.56 Å². The van der Waals surface area contributed by atoms with Crippen LogP contribution in [0.5, 0.6) is 0 Å². The lowest BCUT2D eigenvalue weighted by molar-refractivity contribution is -0.192. The van der Waals surface area contributed by atoms with Crippen LogP contribution in [0, 0.1) is 0 Å². The minimum Gasteiger partial charge on any atom is -0.457 e. The van der Waals surface area contributed by atoms with Crippen LogP contribution in [0.3, 0.4) is 0 Å². The first-order valence-corrected chi connectivity index (χ1v) is 11.8. The predicted molar refractivity (Wildman–Crippen MR) is 129 cm³/mol. The zero-order valence-corrected chi connectivity index (χ0v) is 18.9. The van der Waals surface area contributed by atoms with Gasteiger partial charge < -0.3 is 28.7 Å². The lowest BCUT2D eigenvalue weighted by atomic mass is 9.97. The molecule has 1 fully saturated rings. The summed E-state index contributed by atoms with van der Waals surface area (Å²) in [5.41, 5.74) is 5.96. The summed E-state index contributed by atoms with van der Waals surface area (Å²) in [5.74, 6) is -0.243. The zero-order chi connectivity index (χ0) is 22.7. The van der Waals surface area contributed by atoms with Crippen LogP contribution in [0.4, 0.5) is 0 Å². The van der Waals surface area contributed by atoms with Gasteiger partial charge in [-0.25, -0.2) is 4.79 Å². The van der Waals surface area contributed by atoms with E-state index < -0.39 is 0 Å². The summed E-state index contributed by atoms with van der Waals surface area (Å²) in [7, 11) is 3.74. The molecule has 3 aliphatic rings. The Hall–Kier alpha value is -3.39. The topological polar surface area (TPSA) is 66.7 Å². The molecule has 0 saturated carbocycles. The number of nitrogens with zero attached hydrogens (tertiary/aromatic N) is 2. The number of esters is 1. The number of methoxy groups -OCH3 is 1. The second-order valence-electron chi connectivity index (χ2n) is 9.46.